The van der Waals surface area contributed by atoms with Crippen LogP contribution in [0.1, 0.15) is 34.3 Å². The van der Waals surface area contributed by atoms with Gasteiger partial charge in [0.15, 0.2) is 0 Å². The lowest BCUT2D eigenvalue weighted by Gasteiger charge is -2.31. The van der Waals surface area contributed by atoms with Gasteiger partial charge in [-0.25, -0.2) is 0 Å². The van der Waals surface area contributed by atoms with E-state index < -0.39 is 5.91 Å². The highest BCUT2D eigenvalue weighted by atomic mass is 16.2. The van der Waals surface area contributed by atoms with Crippen LogP contribution in [0.15, 0.2) is 48.5 Å². The third kappa shape index (κ3) is 4.49. The molecule has 0 radical (unpaired) electrons. The zero-order valence-corrected chi connectivity index (χ0v) is 15.1. The monoisotopic (exact) mass is 351 g/mol. The Labute approximate surface area is 154 Å². The van der Waals surface area contributed by atoms with Crippen molar-refractivity contribution in [2.75, 3.05) is 18.4 Å². The Hall–Kier alpha value is -2.66. The number of piperidine rings is 1. The van der Waals surface area contributed by atoms with Gasteiger partial charge in [-0.05, 0) is 68.2 Å². The van der Waals surface area contributed by atoms with Gasteiger partial charge in [-0.2, -0.15) is 0 Å². The number of likely N-dealkylation sites (tertiary alicyclic amines) is 1. The van der Waals surface area contributed by atoms with Crippen LogP contribution in [0.3, 0.4) is 0 Å². The summed E-state index contributed by atoms with van der Waals surface area (Å²) in [5.41, 5.74) is 9.03. The third-order valence-electron chi connectivity index (χ3n) is 5.05. The molecule has 0 unspecified atom stereocenters. The van der Waals surface area contributed by atoms with Crippen molar-refractivity contribution < 1.29 is 9.59 Å². The van der Waals surface area contributed by atoms with E-state index in [0.29, 0.717) is 11.3 Å². The van der Waals surface area contributed by atoms with Crippen molar-refractivity contribution >= 4 is 17.5 Å². The predicted octanol–water partition coefficient (Wildman–Crippen LogP) is 2.94. The van der Waals surface area contributed by atoms with Crippen molar-refractivity contribution in [3.05, 3.63) is 65.2 Å². The van der Waals surface area contributed by atoms with Crippen LogP contribution < -0.4 is 11.1 Å². The molecule has 0 saturated carbocycles. The molecule has 1 fully saturated rings. The topological polar surface area (TPSA) is 75.4 Å². The Morgan fingerprint density at radius 1 is 1.08 bits per heavy atom. The molecule has 1 heterocycles. The smallest absolute Gasteiger partial charge is 0.248 e. The molecule has 0 spiro atoms. The highest BCUT2D eigenvalue weighted by molar-refractivity contribution is 5.95. The Kier molecular flexibility index (Phi) is 5.68. The van der Waals surface area contributed by atoms with E-state index in [-0.39, 0.29) is 11.8 Å². The van der Waals surface area contributed by atoms with Crippen molar-refractivity contribution in [3.63, 3.8) is 0 Å². The lowest BCUT2D eigenvalue weighted by atomic mass is 9.95. The summed E-state index contributed by atoms with van der Waals surface area (Å²) in [5.74, 6) is -0.393. The van der Waals surface area contributed by atoms with E-state index in [9.17, 15) is 9.59 Å². The summed E-state index contributed by atoms with van der Waals surface area (Å²) < 4.78 is 0. The molecule has 3 rings (SSSR count). The van der Waals surface area contributed by atoms with Crippen molar-refractivity contribution in [3.8, 4) is 0 Å². The Morgan fingerprint density at radius 2 is 1.73 bits per heavy atom. The first-order chi connectivity index (χ1) is 12.5. The van der Waals surface area contributed by atoms with E-state index in [1.807, 2.05) is 0 Å². The average molecular weight is 351 g/mol. The van der Waals surface area contributed by atoms with Gasteiger partial charge in [-0.15, -0.1) is 0 Å². The lowest BCUT2D eigenvalue weighted by Crippen LogP contribution is -2.37. The van der Waals surface area contributed by atoms with Crippen LogP contribution in [-0.2, 0) is 11.3 Å². The number of nitrogens with two attached hydrogens (primary N) is 1. The van der Waals surface area contributed by atoms with Gasteiger partial charge in [-0.3, -0.25) is 14.5 Å². The zero-order valence-electron chi connectivity index (χ0n) is 15.1. The number of primary amides is 1. The summed E-state index contributed by atoms with van der Waals surface area (Å²) in [7, 11) is 0. The van der Waals surface area contributed by atoms with Crippen molar-refractivity contribution in [2.24, 2.45) is 11.7 Å². The van der Waals surface area contributed by atoms with Gasteiger partial charge in [0.1, 0.15) is 0 Å². The molecule has 0 bridgehead atoms. The SMILES string of the molecule is Cc1ccccc1CN1CCC(C(=O)Nc2ccc(C(N)=O)cc2)CC1. The number of anilines is 1. The van der Waals surface area contributed by atoms with Gasteiger partial charge in [0.2, 0.25) is 11.8 Å². The van der Waals surface area contributed by atoms with E-state index in [0.717, 1.165) is 32.5 Å². The number of benzene rings is 2. The quantitative estimate of drug-likeness (QED) is 0.870. The second kappa shape index (κ2) is 8.15. The average Bonchev–Trinajstić information content (AvgIpc) is 2.64. The minimum Gasteiger partial charge on any atom is -0.366 e. The number of rotatable bonds is 5. The van der Waals surface area contributed by atoms with Crippen molar-refractivity contribution in [1.82, 2.24) is 4.90 Å². The molecule has 2 aromatic carbocycles. The third-order valence-corrected chi connectivity index (χ3v) is 5.05. The summed E-state index contributed by atoms with van der Waals surface area (Å²) in [6.07, 6.45) is 1.72. The first-order valence-corrected chi connectivity index (χ1v) is 9.00. The summed E-state index contributed by atoms with van der Waals surface area (Å²) >= 11 is 0. The molecule has 1 saturated heterocycles. The van der Waals surface area contributed by atoms with E-state index in [1.165, 1.54) is 11.1 Å². The Morgan fingerprint density at radius 3 is 2.35 bits per heavy atom. The van der Waals surface area contributed by atoms with Crippen LogP contribution in [0, 0.1) is 12.8 Å². The fraction of sp³-hybridized carbons (Fsp3) is 0.333. The number of carbonyl (C=O) groups excluding carboxylic acids is 2. The maximum Gasteiger partial charge on any atom is 0.248 e. The second-order valence-corrected chi connectivity index (χ2v) is 6.91. The lowest BCUT2D eigenvalue weighted by molar-refractivity contribution is -0.121. The molecule has 26 heavy (non-hydrogen) atoms. The summed E-state index contributed by atoms with van der Waals surface area (Å²) in [6, 6.07) is 15.1. The summed E-state index contributed by atoms with van der Waals surface area (Å²) in [4.78, 5) is 26.0. The first-order valence-electron chi connectivity index (χ1n) is 9.00. The molecule has 2 amide bonds. The minimum atomic E-state index is -0.469. The molecule has 0 atom stereocenters. The van der Waals surface area contributed by atoms with Gasteiger partial charge >= 0.3 is 0 Å². The van der Waals surface area contributed by atoms with Crippen LogP contribution in [-0.4, -0.2) is 29.8 Å². The molecular formula is C21H25N3O2. The minimum absolute atomic E-state index is 0.0268. The predicted molar refractivity (Wildman–Crippen MR) is 103 cm³/mol. The van der Waals surface area contributed by atoms with Gasteiger partial charge in [0.05, 0.1) is 0 Å². The number of amides is 2. The highest BCUT2D eigenvalue weighted by Crippen LogP contribution is 2.22. The van der Waals surface area contributed by atoms with Crippen LogP contribution >= 0.6 is 0 Å². The zero-order chi connectivity index (χ0) is 18.5. The molecular weight excluding hydrogens is 326 g/mol. The van der Waals surface area contributed by atoms with Crippen molar-refractivity contribution in [2.45, 2.75) is 26.3 Å². The van der Waals surface area contributed by atoms with Gasteiger partial charge in [-0.1, -0.05) is 24.3 Å². The van der Waals surface area contributed by atoms with E-state index in [2.05, 4.69) is 41.4 Å². The summed E-state index contributed by atoms with van der Waals surface area (Å²) in [6.45, 7) is 4.93. The maximum absolute atomic E-state index is 12.5. The van der Waals surface area contributed by atoms with Gasteiger partial charge in [0, 0.05) is 23.7 Å². The number of carbonyl (C=O) groups is 2. The first kappa shape index (κ1) is 18.1. The highest BCUT2D eigenvalue weighted by Gasteiger charge is 2.25. The molecule has 136 valence electrons. The van der Waals surface area contributed by atoms with Gasteiger partial charge < -0.3 is 11.1 Å². The normalized spacial score (nSPS) is 15.6. The van der Waals surface area contributed by atoms with E-state index in [4.69, 9.17) is 5.73 Å². The number of hydrogen-bond acceptors (Lipinski definition) is 3. The van der Waals surface area contributed by atoms with Crippen LogP contribution in [0.4, 0.5) is 5.69 Å². The number of nitrogens with one attached hydrogen (secondary N) is 1. The fourth-order valence-corrected chi connectivity index (χ4v) is 3.34. The van der Waals surface area contributed by atoms with Crippen LogP contribution in [0.2, 0.25) is 0 Å². The number of nitrogens with zero attached hydrogens (tertiary/aromatic N) is 1. The molecule has 0 aliphatic carbocycles. The standard InChI is InChI=1S/C21H25N3O2/c1-15-4-2-3-5-18(15)14-24-12-10-17(11-13-24)21(26)23-19-8-6-16(7-9-19)20(22)25/h2-9,17H,10-14H2,1H3,(H2,22,25)(H,23,26). The fourth-order valence-electron chi connectivity index (χ4n) is 3.34. The molecule has 3 N–H and O–H groups in total. The van der Waals surface area contributed by atoms with E-state index in [1.54, 1.807) is 24.3 Å². The molecule has 0 aromatic heterocycles. The number of hydrogen-bond donors (Lipinski definition) is 2. The Balaban J connectivity index is 1.50. The summed E-state index contributed by atoms with van der Waals surface area (Å²) in [5, 5.41) is 2.94. The maximum atomic E-state index is 12.5. The molecule has 1 aliphatic heterocycles. The van der Waals surface area contributed by atoms with Crippen molar-refractivity contribution in [1.29, 1.82) is 0 Å². The largest absolute Gasteiger partial charge is 0.366 e. The molecule has 5 nitrogen and oxygen atoms in total. The van der Waals surface area contributed by atoms with Gasteiger partial charge in [0.25, 0.3) is 0 Å². The molecule has 5 heteroatoms. The molecule has 1 aliphatic rings. The number of aryl methyl sites for hydroxylation is 1. The van der Waals surface area contributed by atoms with Crippen LogP contribution in [0.25, 0.3) is 0 Å². The van der Waals surface area contributed by atoms with E-state index >= 15 is 0 Å². The molecule has 2 aromatic rings. The van der Waals surface area contributed by atoms with Crippen LogP contribution in [0.5, 0.6) is 0 Å². The second-order valence-electron chi connectivity index (χ2n) is 6.91. The Bertz CT molecular complexity index is 778.